The lowest BCUT2D eigenvalue weighted by molar-refractivity contribution is -0.0243. The van der Waals surface area contributed by atoms with Gasteiger partial charge in [-0.2, -0.15) is 0 Å². The number of carbonyl (C=O) groups is 1. The summed E-state index contributed by atoms with van der Waals surface area (Å²) in [6.07, 6.45) is 2.17. The minimum Gasteiger partial charge on any atom is -0.470 e. The molecule has 0 aromatic carbocycles. The van der Waals surface area contributed by atoms with Crippen LogP contribution in [0.15, 0.2) is 12.4 Å². The van der Waals surface area contributed by atoms with Gasteiger partial charge in [-0.05, 0) is 0 Å². The Morgan fingerprint density at radius 3 is 2.56 bits per heavy atom. The number of ether oxygens (including phenoxy) is 2. The molecule has 5 nitrogen and oxygen atoms in total. The molecule has 1 heterocycles. The number of nitrogens with zero attached hydrogens (tertiary/aromatic N) is 2. The number of aromatic nitrogens is 2. The van der Waals surface area contributed by atoms with Gasteiger partial charge < -0.3 is 9.47 Å². The molecule has 7 heteroatoms. The van der Waals surface area contributed by atoms with Crippen molar-refractivity contribution in [3.63, 3.8) is 0 Å². The van der Waals surface area contributed by atoms with Crippen LogP contribution in [0.25, 0.3) is 0 Å². The standard InChI is InChI=1S/C9H10F2N2O3/c1-9(10,11)5-16-7-4-12-6(3-13-7)8(14)15-2/h3-4H,5H2,1-2H3. The summed E-state index contributed by atoms with van der Waals surface area (Å²) in [6, 6.07) is 0. The Hall–Kier alpha value is -1.79. The van der Waals surface area contributed by atoms with Crippen molar-refractivity contribution < 1.29 is 23.0 Å². The third-order valence-electron chi connectivity index (χ3n) is 1.50. The quantitative estimate of drug-likeness (QED) is 0.732. The molecule has 0 radical (unpaired) electrons. The van der Waals surface area contributed by atoms with E-state index in [2.05, 4.69) is 19.4 Å². The van der Waals surface area contributed by atoms with E-state index < -0.39 is 18.5 Å². The highest BCUT2D eigenvalue weighted by atomic mass is 19.3. The van der Waals surface area contributed by atoms with Gasteiger partial charge in [0.25, 0.3) is 5.92 Å². The fourth-order valence-electron chi connectivity index (χ4n) is 0.801. The van der Waals surface area contributed by atoms with E-state index in [0.29, 0.717) is 0 Å². The molecular formula is C9H10F2N2O3. The summed E-state index contributed by atoms with van der Waals surface area (Å²) in [5.41, 5.74) is -0.0156. The van der Waals surface area contributed by atoms with Crippen molar-refractivity contribution in [1.29, 1.82) is 0 Å². The maximum atomic E-state index is 12.4. The molecule has 0 N–H and O–H groups in total. The van der Waals surface area contributed by atoms with E-state index >= 15 is 0 Å². The average molecular weight is 232 g/mol. The van der Waals surface area contributed by atoms with Gasteiger partial charge in [0.05, 0.1) is 19.5 Å². The summed E-state index contributed by atoms with van der Waals surface area (Å²) in [6.45, 7) is -0.0670. The molecule has 88 valence electrons. The van der Waals surface area contributed by atoms with E-state index in [0.717, 1.165) is 19.3 Å². The van der Waals surface area contributed by atoms with Gasteiger partial charge in [0.15, 0.2) is 12.3 Å². The molecule has 1 rings (SSSR count). The molecule has 0 aliphatic heterocycles. The summed E-state index contributed by atoms with van der Waals surface area (Å²) in [4.78, 5) is 18.2. The summed E-state index contributed by atoms with van der Waals surface area (Å²) in [5.74, 6) is -3.67. The highest BCUT2D eigenvalue weighted by Gasteiger charge is 2.22. The Morgan fingerprint density at radius 2 is 2.12 bits per heavy atom. The van der Waals surface area contributed by atoms with Gasteiger partial charge in [-0.25, -0.2) is 23.5 Å². The Balaban J connectivity index is 2.62. The molecule has 16 heavy (non-hydrogen) atoms. The van der Waals surface area contributed by atoms with E-state index in [4.69, 9.17) is 0 Å². The first-order chi connectivity index (χ1) is 7.42. The zero-order chi connectivity index (χ0) is 12.2. The van der Waals surface area contributed by atoms with E-state index in [9.17, 15) is 13.6 Å². The maximum absolute atomic E-state index is 12.4. The first kappa shape index (κ1) is 12.3. The first-order valence-electron chi connectivity index (χ1n) is 4.33. The molecule has 0 saturated carbocycles. The van der Waals surface area contributed by atoms with Crippen LogP contribution in [0, 0.1) is 0 Å². The summed E-state index contributed by atoms with van der Waals surface area (Å²) >= 11 is 0. The summed E-state index contributed by atoms with van der Waals surface area (Å²) in [5, 5.41) is 0. The SMILES string of the molecule is COC(=O)c1cnc(OCC(C)(F)F)cn1. The number of hydrogen-bond donors (Lipinski definition) is 0. The zero-order valence-corrected chi connectivity index (χ0v) is 8.74. The van der Waals surface area contributed by atoms with Crippen LogP contribution in [0.2, 0.25) is 0 Å². The molecule has 1 aromatic rings. The second kappa shape index (κ2) is 4.82. The van der Waals surface area contributed by atoms with Crippen LogP contribution in [-0.2, 0) is 4.74 Å². The van der Waals surface area contributed by atoms with E-state index in [1.54, 1.807) is 0 Å². The number of hydrogen-bond acceptors (Lipinski definition) is 5. The van der Waals surface area contributed by atoms with Gasteiger partial charge in [-0.3, -0.25) is 0 Å². The molecular weight excluding hydrogens is 222 g/mol. The fraction of sp³-hybridized carbons (Fsp3) is 0.444. The molecule has 0 aliphatic carbocycles. The smallest absolute Gasteiger partial charge is 0.358 e. The molecule has 0 atom stereocenters. The first-order valence-corrected chi connectivity index (χ1v) is 4.33. The lowest BCUT2D eigenvalue weighted by atomic mass is 10.4. The maximum Gasteiger partial charge on any atom is 0.358 e. The third-order valence-corrected chi connectivity index (χ3v) is 1.50. The van der Waals surface area contributed by atoms with Gasteiger partial charge in [0.2, 0.25) is 5.88 Å². The fourth-order valence-corrected chi connectivity index (χ4v) is 0.801. The molecule has 1 aromatic heterocycles. The number of methoxy groups -OCH3 is 1. The molecule has 0 bridgehead atoms. The monoisotopic (exact) mass is 232 g/mol. The molecule has 0 aliphatic rings. The van der Waals surface area contributed by atoms with Gasteiger partial charge in [-0.15, -0.1) is 0 Å². The molecule has 0 fully saturated rings. The van der Waals surface area contributed by atoms with Crippen molar-refractivity contribution in [3.8, 4) is 5.88 Å². The Morgan fingerprint density at radius 1 is 1.44 bits per heavy atom. The van der Waals surface area contributed by atoms with Crippen molar-refractivity contribution in [3.05, 3.63) is 18.1 Å². The van der Waals surface area contributed by atoms with Crippen molar-refractivity contribution in [2.45, 2.75) is 12.8 Å². The van der Waals surface area contributed by atoms with Crippen molar-refractivity contribution in [1.82, 2.24) is 9.97 Å². The van der Waals surface area contributed by atoms with E-state index in [1.807, 2.05) is 0 Å². The second-order valence-electron chi connectivity index (χ2n) is 3.09. The van der Waals surface area contributed by atoms with Gasteiger partial charge in [-0.1, -0.05) is 0 Å². The predicted octanol–water partition coefficient (Wildman–Crippen LogP) is 1.30. The number of carbonyl (C=O) groups excluding carboxylic acids is 1. The Bertz CT molecular complexity index is 362. The lowest BCUT2D eigenvalue weighted by Crippen LogP contribution is -2.21. The normalized spacial score (nSPS) is 11.0. The largest absolute Gasteiger partial charge is 0.470 e. The number of esters is 1. The summed E-state index contributed by atoms with van der Waals surface area (Å²) in [7, 11) is 1.20. The summed E-state index contributed by atoms with van der Waals surface area (Å²) < 4.78 is 33.9. The average Bonchev–Trinajstić information content (AvgIpc) is 2.25. The van der Waals surface area contributed by atoms with Crippen molar-refractivity contribution >= 4 is 5.97 Å². The van der Waals surface area contributed by atoms with Crippen LogP contribution in [0.1, 0.15) is 17.4 Å². The van der Waals surface area contributed by atoms with E-state index in [-0.39, 0.29) is 11.6 Å². The van der Waals surface area contributed by atoms with Gasteiger partial charge in [0, 0.05) is 6.92 Å². The Labute approximate surface area is 90.4 Å². The second-order valence-corrected chi connectivity index (χ2v) is 3.09. The van der Waals surface area contributed by atoms with Crippen LogP contribution in [0.5, 0.6) is 5.88 Å². The van der Waals surface area contributed by atoms with Crippen LogP contribution < -0.4 is 4.74 Å². The highest BCUT2D eigenvalue weighted by molar-refractivity contribution is 5.86. The minimum atomic E-state index is -2.94. The molecule has 0 spiro atoms. The predicted molar refractivity (Wildman–Crippen MR) is 49.5 cm³/mol. The van der Waals surface area contributed by atoms with Crippen LogP contribution in [0.4, 0.5) is 8.78 Å². The number of rotatable bonds is 4. The highest BCUT2D eigenvalue weighted by Crippen LogP contribution is 2.13. The number of alkyl halides is 2. The van der Waals surface area contributed by atoms with Crippen molar-refractivity contribution in [2.24, 2.45) is 0 Å². The molecule has 0 unspecified atom stereocenters. The van der Waals surface area contributed by atoms with Gasteiger partial charge in [0.1, 0.15) is 0 Å². The lowest BCUT2D eigenvalue weighted by Gasteiger charge is -2.10. The third kappa shape index (κ3) is 3.76. The zero-order valence-electron chi connectivity index (χ0n) is 8.74. The minimum absolute atomic E-state index is 0.0156. The topological polar surface area (TPSA) is 61.3 Å². The van der Waals surface area contributed by atoms with Crippen LogP contribution >= 0.6 is 0 Å². The molecule has 0 amide bonds. The van der Waals surface area contributed by atoms with E-state index in [1.165, 1.54) is 7.11 Å². The molecule has 0 saturated heterocycles. The number of halogens is 2. The van der Waals surface area contributed by atoms with Gasteiger partial charge >= 0.3 is 5.97 Å². The van der Waals surface area contributed by atoms with Crippen molar-refractivity contribution in [2.75, 3.05) is 13.7 Å². The van der Waals surface area contributed by atoms with Crippen LogP contribution in [0.3, 0.4) is 0 Å². The van der Waals surface area contributed by atoms with Crippen LogP contribution in [-0.4, -0.2) is 35.6 Å². The Kier molecular flexibility index (Phi) is 3.70.